The van der Waals surface area contributed by atoms with Crippen LogP contribution in [0.3, 0.4) is 0 Å². The molecule has 0 saturated carbocycles. The van der Waals surface area contributed by atoms with Gasteiger partial charge in [0.15, 0.2) is 9.84 Å². The SMILES string of the molecule is CCC(C)(NC(=O)c1ccc(Cl)c(S(C)(=O)=O)c1)C(=O)O. The highest BCUT2D eigenvalue weighted by Gasteiger charge is 2.33. The lowest BCUT2D eigenvalue weighted by Crippen LogP contribution is -2.51. The Morgan fingerprint density at radius 1 is 1.38 bits per heavy atom. The van der Waals surface area contributed by atoms with E-state index < -0.39 is 27.3 Å². The monoisotopic (exact) mass is 333 g/mol. The number of carbonyl (C=O) groups is 2. The first-order valence-electron chi connectivity index (χ1n) is 6.07. The van der Waals surface area contributed by atoms with Gasteiger partial charge in [-0.1, -0.05) is 18.5 Å². The van der Waals surface area contributed by atoms with E-state index in [4.69, 9.17) is 16.7 Å². The topological polar surface area (TPSA) is 101 Å². The summed E-state index contributed by atoms with van der Waals surface area (Å²) < 4.78 is 23.1. The molecule has 0 fully saturated rings. The Hall–Kier alpha value is -1.60. The number of carboxylic acid groups (broad SMARTS) is 1. The second-order valence-electron chi connectivity index (χ2n) is 4.86. The zero-order chi connectivity index (χ0) is 16.4. The molecule has 1 rings (SSSR count). The minimum absolute atomic E-state index is 0.00513. The Labute approximate surface area is 128 Å². The van der Waals surface area contributed by atoms with Crippen molar-refractivity contribution in [2.45, 2.75) is 30.7 Å². The Morgan fingerprint density at radius 2 is 1.95 bits per heavy atom. The average molecular weight is 334 g/mol. The minimum Gasteiger partial charge on any atom is -0.480 e. The van der Waals surface area contributed by atoms with E-state index in [1.807, 2.05) is 0 Å². The fourth-order valence-electron chi connectivity index (χ4n) is 1.54. The van der Waals surface area contributed by atoms with Crippen molar-refractivity contribution in [1.82, 2.24) is 5.32 Å². The van der Waals surface area contributed by atoms with Gasteiger partial charge in [-0.2, -0.15) is 0 Å². The Balaban J connectivity index is 3.19. The van der Waals surface area contributed by atoms with Crippen LogP contribution in [-0.2, 0) is 14.6 Å². The first-order chi connectivity index (χ1) is 9.51. The molecule has 0 radical (unpaired) electrons. The summed E-state index contributed by atoms with van der Waals surface area (Å²) in [5.74, 6) is -1.85. The Bertz CT molecular complexity index is 686. The summed E-state index contributed by atoms with van der Waals surface area (Å²) >= 11 is 5.79. The smallest absolute Gasteiger partial charge is 0.329 e. The molecule has 6 nitrogen and oxygen atoms in total. The number of amides is 1. The van der Waals surface area contributed by atoms with Gasteiger partial charge >= 0.3 is 5.97 Å². The molecule has 0 heterocycles. The summed E-state index contributed by atoms with van der Waals surface area (Å²) in [6.07, 6.45) is 1.16. The first-order valence-corrected chi connectivity index (χ1v) is 8.33. The molecule has 2 N–H and O–H groups in total. The number of nitrogens with one attached hydrogen (secondary N) is 1. The van der Waals surface area contributed by atoms with E-state index >= 15 is 0 Å². The van der Waals surface area contributed by atoms with Gasteiger partial charge in [-0.05, 0) is 31.5 Å². The van der Waals surface area contributed by atoms with Crippen molar-refractivity contribution >= 4 is 33.3 Å². The van der Waals surface area contributed by atoms with Crippen molar-refractivity contribution < 1.29 is 23.1 Å². The van der Waals surface area contributed by atoms with Gasteiger partial charge in [-0.3, -0.25) is 4.79 Å². The second kappa shape index (κ2) is 6.03. The predicted molar refractivity (Wildman–Crippen MR) is 78.4 cm³/mol. The molecular formula is C13H16ClNO5S. The van der Waals surface area contributed by atoms with Crippen molar-refractivity contribution in [2.24, 2.45) is 0 Å². The molecule has 1 atom stereocenters. The summed E-state index contributed by atoms with van der Waals surface area (Å²) in [6, 6.07) is 3.76. The van der Waals surface area contributed by atoms with Crippen LogP contribution in [0.4, 0.5) is 0 Å². The lowest BCUT2D eigenvalue weighted by molar-refractivity contribution is -0.143. The number of halogens is 1. The summed E-state index contributed by atoms with van der Waals surface area (Å²) in [5, 5.41) is 11.5. The highest BCUT2D eigenvalue weighted by Crippen LogP contribution is 2.23. The molecule has 0 aliphatic rings. The molecule has 1 unspecified atom stereocenters. The molecule has 8 heteroatoms. The van der Waals surface area contributed by atoms with Gasteiger partial charge in [0.1, 0.15) is 5.54 Å². The van der Waals surface area contributed by atoms with Crippen molar-refractivity contribution in [3.63, 3.8) is 0 Å². The Morgan fingerprint density at radius 3 is 2.38 bits per heavy atom. The zero-order valence-corrected chi connectivity index (χ0v) is 13.4. The molecule has 1 aromatic carbocycles. The average Bonchev–Trinajstić information content (AvgIpc) is 2.37. The van der Waals surface area contributed by atoms with Gasteiger partial charge in [-0.25, -0.2) is 13.2 Å². The van der Waals surface area contributed by atoms with Crippen LogP contribution >= 0.6 is 11.6 Å². The normalized spacial score (nSPS) is 14.3. The quantitative estimate of drug-likeness (QED) is 0.854. The van der Waals surface area contributed by atoms with Crippen molar-refractivity contribution in [3.05, 3.63) is 28.8 Å². The summed E-state index contributed by atoms with van der Waals surface area (Å²) in [5.41, 5.74) is -1.40. The van der Waals surface area contributed by atoms with E-state index in [0.717, 1.165) is 12.3 Å². The number of rotatable bonds is 5. The van der Waals surface area contributed by atoms with Gasteiger partial charge in [0.25, 0.3) is 5.91 Å². The fraction of sp³-hybridized carbons (Fsp3) is 0.385. The van der Waals surface area contributed by atoms with E-state index in [1.54, 1.807) is 6.92 Å². The first kappa shape index (κ1) is 17.5. The van der Waals surface area contributed by atoms with Crippen LogP contribution in [-0.4, -0.2) is 37.2 Å². The highest BCUT2D eigenvalue weighted by atomic mass is 35.5. The van der Waals surface area contributed by atoms with E-state index in [1.165, 1.54) is 19.1 Å². The number of hydrogen-bond acceptors (Lipinski definition) is 4. The molecule has 0 aliphatic heterocycles. The minimum atomic E-state index is -3.58. The maximum atomic E-state index is 12.1. The summed E-state index contributed by atoms with van der Waals surface area (Å²) in [7, 11) is -3.58. The highest BCUT2D eigenvalue weighted by molar-refractivity contribution is 7.90. The molecule has 21 heavy (non-hydrogen) atoms. The zero-order valence-electron chi connectivity index (χ0n) is 11.8. The standard InChI is InChI=1S/C13H16ClNO5S/c1-4-13(2,12(17)18)15-11(16)8-5-6-9(14)10(7-8)21(3,19)20/h5-7H,4H2,1-3H3,(H,15,16)(H,17,18). The van der Waals surface area contributed by atoms with E-state index in [2.05, 4.69) is 5.32 Å². The van der Waals surface area contributed by atoms with Gasteiger partial charge in [0, 0.05) is 11.8 Å². The molecule has 1 amide bonds. The maximum Gasteiger partial charge on any atom is 0.329 e. The van der Waals surface area contributed by atoms with Crippen LogP contribution < -0.4 is 5.32 Å². The molecule has 0 bridgehead atoms. The third kappa shape index (κ3) is 3.95. The molecule has 1 aromatic rings. The number of carbonyl (C=O) groups excluding carboxylic acids is 1. The number of benzene rings is 1. The van der Waals surface area contributed by atoms with Crippen LogP contribution in [0.15, 0.2) is 23.1 Å². The fourth-order valence-corrected chi connectivity index (χ4v) is 2.85. The molecule has 116 valence electrons. The summed E-state index contributed by atoms with van der Waals surface area (Å²) in [6.45, 7) is 3.00. The van der Waals surface area contributed by atoms with Crippen LogP contribution in [0.25, 0.3) is 0 Å². The molecule has 0 saturated heterocycles. The maximum absolute atomic E-state index is 12.1. The van der Waals surface area contributed by atoms with Gasteiger partial charge < -0.3 is 10.4 Å². The molecule has 0 aliphatic carbocycles. The molecule has 0 aromatic heterocycles. The van der Waals surface area contributed by atoms with Crippen molar-refractivity contribution in [1.29, 1.82) is 0 Å². The van der Waals surface area contributed by atoms with Gasteiger partial charge in [-0.15, -0.1) is 0 Å². The molecule has 0 spiro atoms. The second-order valence-corrected chi connectivity index (χ2v) is 7.25. The third-order valence-corrected chi connectivity index (χ3v) is 4.74. The van der Waals surface area contributed by atoms with Crippen LogP contribution in [0.1, 0.15) is 30.6 Å². The van der Waals surface area contributed by atoms with Crippen molar-refractivity contribution in [3.8, 4) is 0 Å². The number of hydrogen-bond donors (Lipinski definition) is 2. The Kier molecular flexibility index (Phi) is 5.01. The number of sulfone groups is 1. The van der Waals surface area contributed by atoms with Crippen LogP contribution in [0.2, 0.25) is 5.02 Å². The van der Waals surface area contributed by atoms with Gasteiger partial charge in [0.2, 0.25) is 0 Å². The number of carboxylic acids is 1. The van der Waals surface area contributed by atoms with E-state index in [0.29, 0.717) is 0 Å². The lowest BCUT2D eigenvalue weighted by atomic mass is 9.98. The third-order valence-electron chi connectivity index (χ3n) is 3.16. The van der Waals surface area contributed by atoms with Gasteiger partial charge in [0.05, 0.1) is 9.92 Å². The molecular weight excluding hydrogens is 318 g/mol. The summed E-state index contributed by atoms with van der Waals surface area (Å²) in [4.78, 5) is 23.1. The van der Waals surface area contributed by atoms with Crippen LogP contribution in [0, 0.1) is 0 Å². The van der Waals surface area contributed by atoms with E-state index in [9.17, 15) is 18.0 Å². The van der Waals surface area contributed by atoms with Crippen molar-refractivity contribution in [2.75, 3.05) is 6.26 Å². The van der Waals surface area contributed by atoms with E-state index in [-0.39, 0.29) is 21.9 Å². The largest absolute Gasteiger partial charge is 0.480 e. The lowest BCUT2D eigenvalue weighted by Gasteiger charge is -2.24. The predicted octanol–water partition coefficient (Wildman–Crippen LogP) is 1.73. The van der Waals surface area contributed by atoms with Crippen LogP contribution in [0.5, 0.6) is 0 Å². The number of aliphatic carboxylic acids is 1.